The summed E-state index contributed by atoms with van der Waals surface area (Å²) < 4.78 is 2.83. The van der Waals surface area contributed by atoms with Gasteiger partial charge in [-0.3, -0.25) is 12.2 Å². The van der Waals surface area contributed by atoms with Crippen LogP contribution in [0.5, 0.6) is 0 Å². The van der Waals surface area contributed by atoms with Crippen molar-refractivity contribution in [1.82, 2.24) is 0 Å². The summed E-state index contributed by atoms with van der Waals surface area (Å²) in [5.74, 6) is 0. The topological polar surface area (TPSA) is 0 Å². The van der Waals surface area contributed by atoms with Crippen molar-refractivity contribution in [2.75, 3.05) is 0 Å². The molecule has 10 aromatic rings. The molecule has 0 N–H and O–H groups in total. The molecule has 0 heterocycles. The van der Waals surface area contributed by atoms with Crippen molar-refractivity contribution in [3.63, 3.8) is 0 Å². The third-order valence-corrected chi connectivity index (χ3v) is 17.1. The predicted molar refractivity (Wildman–Crippen MR) is 344 cm³/mol. The molecule has 0 nitrogen and oxygen atoms in total. The Morgan fingerprint density at radius 1 is 0.329 bits per heavy atom. The minimum atomic E-state index is 0. The molecule has 10 aromatic carbocycles. The number of hydrogen-bond donors (Lipinski definition) is 0. The molecule has 0 unspecified atom stereocenters. The Morgan fingerprint density at radius 2 is 0.549 bits per heavy atom. The van der Waals surface area contributed by atoms with Gasteiger partial charge < -0.3 is 9.41 Å². The molecule has 0 fully saturated rings. The number of hydrogen-bond acceptors (Lipinski definition) is 0. The molecule has 12 rings (SSSR count). The van der Waals surface area contributed by atoms with E-state index in [0.29, 0.717) is 0 Å². The maximum absolute atomic E-state index is 2.99. The van der Waals surface area contributed by atoms with Gasteiger partial charge in [-0.15, -0.1) is 92.3 Å². The third kappa shape index (κ3) is 18.9. The Bertz CT molecular complexity index is 3260. The SMILES string of the molecule is CC(C)(C)c1ccc2c(c1)[cH-]c1cc(C(C)(C)C)ccc12.CC(C)(C)c1ccc2c(c1)[cH-]c1cc(C(C)(C)C)ccc12.[C-]1=CC=CC1.[C-]1=CC=CC1.[F-].[F-].[Zr+2]=[C](c1ccccc1)c1ccccc1.[Zr+2]=[C](c1ccccc1)c1ccccc1. The molecule has 416 valence electrons. The van der Waals surface area contributed by atoms with Crippen LogP contribution in [-0.2, 0) is 70.1 Å². The van der Waals surface area contributed by atoms with Gasteiger partial charge in [0.05, 0.1) is 0 Å². The minimum absolute atomic E-state index is 0. The first-order valence-electron chi connectivity index (χ1n) is 28.2. The summed E-state index contributed by atoms with van der Waals surface area (Å²) in [7, 11) is 0. The first-order chi connectivity index (χ1) is 38.1. The quantitative estimate of drug-likeness (QED) is 0.154. The number of benzene rings is 8. The summed E-state index contributed by atoms with van der Waals surface area (Å²) in [5, 5.41) is 11.0. The zero-order chi connectivity index (χ0) is 57.5. The van der Waals surface area contributed by atoms with Gasteiger partial charge in [0.1, 0.15) is 0 Å². The van der Waals surface area contributed by atoms with E-state index in [1.807, 2.05) is 24.3 Å². The number of allylic oxidation sites excluding steroid dienone is 8. The molecule has 0 radical (unpaired) electrons. The summed E-state index contributed by atoms with van der Waals surface area (Å²) in [6, 6.07) is 74.6. The summed E-state index contributed by atoms with van der Waals surface area (Å²) >= 11 is 2.92. The number of rotatable bonds is 4. The van der Waals surface area contributed by atoms with Crippen LogP contribution >= 0.6 is 0 Å². The van der Waals surface area contributed by atoms with E-state index in [4.69, 9.17) is 0 Å². The van der Waals surface area contributed by atoms with E-state index in [2.05, 4.69) is 314 Å². The zero-order valence-electron chi connectivity index (χ0n) is 50.3. The molecule has 2 aliphatic carbocycles. The molecular formula is C78H80F2Zr2-2. The van der Waals surface area contributed by atoms with Gasteiger partial charge in [0.15, 0.2) is 0 Å². The monoisotopic (exact) mass is 1230 g/mol. The van der Waals surface area contributed by atoms with Crippen LogP contribution in [-0.4, -0.2) is 6.41 Å². The Morgan fingerprint density at radius 3 is 0.707 bits per heavy atom. The van der Waals surface area contributed by atoms with Gasteiger partial charge in [-0.2, -0.15) is 12.2 Å². The van der Waals surface area contributed by atoms with Crippen molar-refractivity contribution in [2.45, 2.75) is 118 Å². The van der Waals surface area contributed by atoms with Gasteiger partial charge in [0, 0.05) is 0 Å². The van der Waals surface area contributed by atoms with Crippen LogP contribution in [0.1, 0.15) is 140 Å². The Kier molecular flexibility index (Phi) is 24.7. The van der Waals surface area contributed by atoms with E-state index >= 15 is 0 Å². The van der Waals surface area contributed by atoms with E-state index in [0.717, 1.165) is 12.8 Å². The molecule has 0 saturated carbocycles. The molecule has 0 amide bonds. The van der Waals surface area contributed by atoms with Gasteiger partial charge in [-0.1, -0.05) is 154 Å². The van der Waals surface area contributed by atoms with Crippen molar-refractivity contribution < 1.29 is 57.9 Å². The van der Waals surface area contributed by atoms with Crippen LogP contribution in [0.3, 0.4) is 0 Å². The van der Waals surface area contributed by atoms with E-state index in [-0.39, 0.29) is 31.1 Å². The Balaban J connectivity index is 0.000000190. The summed E-state index contributed by atoms with van der Waals surface area (Å²) in [5.41, 5.74) is 11.7. The number of halogens is 2. The van der Waals surface area contributed by atoms with Crippen molar-refractivity contribution in [1.29, 1.82) is 0 Å². The van der Waals surface area contributed by atoms with Crippen LogP contribution in [0.4, 0.5) is 0 Å². The van der Waals surface area contributed by atoms with Crippen molar-refractivity contribution >= 4 is 49.5 Å². The molecule has 0 saturated heterocycles. The first kappa shape index (κ1) is 66.6. The second-order valence-electron chi connectivity index (χ2n) is 24.7. The van der Waals surface area contributed by atoms with Crippen molar-refractivity contribution in [2.24, 2.45) is 0 Å². The zero-order valence-corrected chi connectivity index (χ0v) is 55.2. The molecule has 0 spiro atoms. The average Bonchev–Trinajstić information content (AvgIpc) is 3.94. The van der Waals surface area contributed by atoms with Crippen LogP contribution in [0.25, 0.3) is 43.1 Å². The molecular weight excluding hydrogens is 1160 g/mol. The average molecular weight is 1240 g/mol. The number of fused-ring (bicyclic) bond motifs is 6. The fourth-order valence-corrected chi connectivity index (χ4v) is 11.0. The fraction of sp³-hybridized carbons (Fsp3) is 0.231. The second kappa shape index (κ2) is 30.4. The van der Waals surface area contributed by atoms with Crippen molar-refractivity contribution in [3.05, 3.63) is 299 Å². The van der Waals surface area contributed by atoms with Gasteiger partial charge >= 0.3 is 198 Å². The predicted octanol–water partition coefficient (Wildman–Crippen LogP) is 14.8. The molecule has 2 aliphatic rings. The second-order valence-corrected chi connectivity index (χ2v) is 27.2. The summed E-state index contributed by atoms with van der Waals surface area (Å²) in [6.45, 7) is 27.3. The summed E-state index contributed by atoms with van der Waals surface area (Å²) in [4.78, 5) is 0. The first-order valence-corrected chi connectivity index (χ1v) is 30.6. The summed E-state index contributed by atoms with van der Waals surface area (Å²) in [6.07, 6.45) is 20.0. The molecule has 0 bridgehead atoms. The van der Waals surface area contributed by atoms with E-state index in [9.17, 15) is 0 Å². The van der Waals surface area contributed by atoms with Crippen molar-refractivity contribution in [3.8, 4) is 0 Å². The molecule has 0 aromatic heterocycles. The molecule has 0 atom stereocenters. The Labute approximate surface area is 519 Å². The Hall–Kier alpha value is -6.17. The van der Waals surface area contributed by atoms with Crippen LogP contribution in [0.2, 0.25) is 0 Å². The molecule has 4 heteroatoms. The third-order valence-electron chi connectivity index (χ3n) is 14.3. The van der Waals surface area contributed by atoms with E-state index in [1.54, 1.807) is 0 Å². The van der Waals surface area contributed by atoms with Crippen LogP contribution in [0, 0.1) is 12.2 Å². The molecule has 82 heavy (non-hydrogen) atoms. The fourth-order valence-electron chi connectivity index (χ4n) is 9.34. The van der Waals surface area contributed by atoms with Gasteiger partial charge in [0.25, 0.3) is 0 Å². The van der Waals surface area contributed by atoms with E-state index < -0.39 is 0 Å². The van der Waals surface area contributed by atoms with Crippen LogP contribution < -0.4 is 9.41 Å². The maximum atomic E-state index is 2.99. The van der Waals surface area contributed by atoms with Gasteiger partial charge in [-0.05, 0) is 21.7 Å². The normalized spacial score (nSPS) is 12.3. The molecule has 0 aliphatic heterocycles. The standard InChI is InChI=1S/2C21H25.2C13H10.2C5H5.2FH.2Zr/c2*1-20(2,3)16-7-9-18-14(12-16)11-15-13-17(21(4,5)6)8-10-19(15)18;2*1-3-7-12(8-4-1)11-13-9-5-2-6-10-13;2*1-2-4-5-3-1;;;;/h2*7-13H,1-6H3;2*1-10H;2*1-3H,4H2;2*1H;;/q2*-1;;;2*-1;;;2*+2/p-2. The van der Waals surface area contributed by atoms with Gasteiger partial charge in [0.2, 0.25) is 0 Å². The van der Waals surface area contributed by atoms with Gasteiger partial charge in [-0.25, -0.2) is 24.3 Å². The van der Waals surface area contributed by atoms with E-state index in [1.165, 1.54) is 142 Å². The van der Waals surface area contributed by atoms with Crippen LogP contribution in [0.15, 0.2) is 243 Å².